The van der Waals surface area contributed by atoms with Crippen LogP contribution in [0.2, 0.25) is 0 Å². The smallest absolute Gasteiger partial charge is 0.389 e. The van der Waals surface area contributed by atoms with Gasteiger partial charge < -0.3 is 20.2 Å². The van der Waals surface area contributed by atoms with E-state index in [0.29, 0.717) is 25.3 Å². The number of anilines is 1. The Morgan fingerprint density at radius 2 is 1.80 bits per heavy atom. The fraction of sp³-hybridized carbons (Fsp3) is 0.688. The number of aliphatic hydroxyl groups excluding tert-OH is 3. The third-order valence-electron chi connectivity index (χ3n) is 4.88. The average molecular weight is 361 g/mol. The first kappa shape index (κ1) is 18.4. The predicted molar refractivity (Wildman–Crippen MR) is 84.0 cm³/mol. The van der Waals surface area contributed by atoms with Gasteiger partial charge in [-0.25, -0.2) is 0 Å². The van der Waals surface area contributed by atoms with Gasteiger partial charge in [0, 0.05) is 44.6 Å². The van der Waals surface area contributed by atoms with Crippen molar-refractivity contribution < 1.29 is 28.5 Å². The van der Waals surface area contributed by atoms with Gasteiger partial charge in [0.2, 0.25) is 0 Å². The largest absolute Gasteiger partial charge is 0.433 e. The summed E-state index contributed by atoms with van der Waals surface area (Å²) >= 11 is 0. The summed E-state index contributed by atoms with van der Waals surface area (Å²) in [5.41, 5.74) is -0.399. The van der Waals surface area contributed by atoms with Gasteiger partial charge in [-0.2, -0.15) is 13.2 Å². The second-order valence-electron chi connectivity index (χ2n) is 6.84. The highest BCUT2D eigenvalue weighted by molar-refractivity contribution is 5.48. The molecule has 140 valence electrons. The maximum atomic E-state index is 12.8. The molecule has 25 heavy (non-hydrogen) atoms. The summed E-state index contributed by atoms with van der Waals surface area (Å²) in [6, 6.07) is 2.63. The molecule has 6 nitrogen and oxygen atoms in total. The lowest BCUT2D eigenvalue weighted by Crippen LogP contribution is -2.56. The summed E-state index contributed by atoms with van der Waals surface area (Å²) in [6.45, 7) is 2.43. The Balaban J connectivity index is 1.59. The number of alkyl halides is 3. The molecule has 3 heterocycles. The summed E-state index contributed by atoms with van der Waals surface area (Å²) in [5.74, 6) is 0.220. The SMILES string of the molecule is O[C@H]1[C@H](O)CN(C[C@H]2CCN(c3ccnc(C(F)(F)F)c3)C2)C[C@@H]1O. The standard InChI is InChI=1S/C16H22F3N3O3/c17-16(18,19)14-5-11(1-3-20-14)22-4-2-10(7-22)6-21-8-12(23)15(25)13(24)9-21/h1,3,5,10,12-13,15,23-25H,2,4,6-9H2/t10-,12-,13+,15+/m1/s1. The van der Waals surface area contributed by atoms with Crippen molar-refractivity contribution in [3.05, 3.63) is 24.0 Å². The highest BCUT2D eigenvalue weighted by Gasteiger charge is 2.36. The molecule has 2 aliphatic heterocycles. The first-order valence-electron chi connectivity index (χ1n) is 8.29. The van der Waals surface area contributed by atoms with Crippen molar-refractivity contribution in [1.82, 2.24) is 9.88 Å². The second kappa shape index (κ2) is 7.06. The average Bonchev–Trinajstić information content (AvgIpc) is 3.00. The molecular formula is C16H22F3N3O3. The van der Waals surface area contributed by atoms with Crippen LogP contribution in [0.3, 0.4) is 0 Å². The van der Waals surface area contributed by atoms with Crippen LogP contribution in [-0.4, -0.2) is 76.2 Å². The number of pyridine rings is 1. The van der Waals surface area contributed by atoms with Crippen molar-refractivity contribution in [2.75, 3.05) is 37.6 Å². The van der Waals surface area contributed by atoms with Gasteiger partial charge in [-0.1, -0.05) is 0 Å². The van der Waals surface area contributed by atoms with E-state index in [1.165, 1.54) is 6.20 Å². The highest BCUT2D eigenvalue weighted by atomic mass is 19.4. The van der Waals surface area contributed by atoms with Gasteiger partial charge in [-0.15, -0.1) is 0 Å². The molecule has 3 rings (SSSR count). The van der Waals surface area contributed by atoms with Crippen molar-refractivity contribution in [3.63, 3.8) is 0 Å². The third kappa shape index (κ3) is 4.22. The summed E-state index contributed by atoms with van der Waals surface area (Å²) in [4.78, 5) is 7.17. The number of rotatable bonds is 3. The van der Waals surface area contributed by atoms with Gasteiger partial charge in [-0.3, -0.25) is 9.88 Å². The second-order valence-corrected chi connectivity index (χ2v) is 6.84. The van der Waals surface area contributed by atoms with E-state index in [0.717, 1.165) is 12.5 Å². The zero-order chi connectivity index (χ0) is 18.2. The van der Waals surface area contributed by atoms with Crippen molar-refractivity contribution in [1.29, 1.82) is 0 Å². The molecule has 0 amide bonds. The van der Waals surface area contributed by atoms with Gasteiger partial charge in [0.25, 0.3) is 0 Å². The Kier molecular flexibility index (Phi) is 5.19. The van der Waals surface area contributed by atoms with E-state index in [1.807, 2.05) is 9.80 Å². The Hall–Kier alpha value is -1.42. The number of piperidine rings is 1. The molecule has 0 aliphatic carbocycles. The first-order chi connectivity index (χ1) is 11.7. The summed E-state index contributed by atoms with van der Waals surface area (Å²) in [6.07, 6.45) is -5.59. The van der Waals surface area contributed by atoms with Crippen LogP contribution in [0.5, 0.6) is 0 Å². The Morgan fingerprint density at radius 3 is 2.44 bits per heavy atom. The number of hydrogen-bond acceptors (Lipinski definition) is 6. The summed E-state index contributed by atoms with van der Waals surface area (Å²) in [7, 11) is 0. The lowest BCUT2D eigenvalue weighted by atomic mass is 10.00. The van der Waals surface area contributed by atoms with Crippen molar-refractivity contribution in [2.24, 2.45) is 5.92 Å². The van der Waals surface area contributed by atoms with E-state index in [9.17, 15) is 28.5 Å². The van der Waals surface area contributed by atoms with Crippen LogP contribution >= 0.6 is 0 Å². The highest BCUT2D eigenvalue weighted by Crippen LogP contribution is 2.31. The van der Waals surface area contributed by atoms with Crippen LogP contribution in [0.4, 0.5) is 18.9 Å². The van der Waals surface area contributed by atoms with Gasteiger partial charge in [0.1, 0.15) is 11.8 Å². The van der Waals surface area contributed by atoms with E-state index in [-0.39, 0.29) is 19.0 Å². The molecule has 1 aromatic rings. The van der Waals surface area contributed by atoms with E-state index < -0.39 is 30.2 Å². The molecular weight excluding hydrogens is 339 g/mol. The lowest BCUT2D eigenvalue weighted by molar-refractivity contribution is -0.141. The molecule has 1 aromatic heterocycles. The number of hydrogen-bond donors (Lipinski definition) is 3. The van der Waals surface area contributed by atoms with E-state index >= 15 is 0 Å². The zero-order valence-electron chi connectivity index (χ0n) is 13.6. The molecule has 0 bridgehead atoms. The molecule has 0 saturated carbocycles. The molecule has 0 aromatic carbocycles. The molecule has 0 unspecified atom stereocenters. The Morgan fingerprint density at radius 1 is 1.12 bits per heavy atom. The van der Waals surface area contributed by atoms with Gasteiger partial charge >= 0.3 is 6.18 Å². The van der Waals surface area contributed by atoms with E-state index in [2.05, 4.69) is 4.98 Å². The van der Waals surface area contributed by atoms with Crippen LogP contribution in [0.25, 0.3) is 0 Å². The van der Waals surface area contributed by atoms with Crippen LogP contribution in [-0.2, 0) is 6.18 Å². The topological polar surface area (TPSA) is 80.1 Å². The quantitative estimate of drug-likeness (QED) is 0.720. The van der Waals surface area contributed by atoms with Crippen molar-refractivity contribution in [3.8, 4) is 0 Å². The number of aliphatic hydroxyl groups is 3. The van der Waals surface area contributed by atoms with Crippen LogP contribution < -0.4 is 4.90 Å². The van der Waals surface area contributed by atoms with Gasteiger partial charge in [0.05, 0.1) is 12.2 Å². The normalized spacial score (nSPS) is 31.5. The summed E-state index contributed by atoms with van der Waals surface area (Å²) in [5, 5.41) is 29.1. The van der Waals surface area contributed by atoms with Crippen LogP contribution in [0, 0.1) is 5.92 Å². The van der Waals surface area contributed by atoms with Crippen molar-refractivity contribution in [2.45, 2.75) is 30.9 Å². The molecule has 2 fully saturated rings. The minimum atomic E-state index is -4.46. The third-order valence-corrected chi connectivity index (χ3v) is 4.88. The van der Waals surface area contributed by atoms with E-state index in [4.69, 9.17) is 0 Å². The lowest BCUT2D eigenvalue weighted by Gasteiger charge is -2.38. The number of β-amino-alcohol motifs (C(OH)–C–C–N with tert-alkyl or cyclic N) is 2. The number of aromatic nitrogens is 1. The molecule has 2 saturated heterocycles. The van der Waals surface area contributed by atoms with E-state index in [1.54, 1.807) is 6.07 Å². The maximum absolute atomic E-state index is 12.8. The fourth-order valence-electron chi connectivity index (χ4n) is 3.58. The predicted octanol–water partition coefficient (Wildman–Crippen LogP) is 0.325. The minimum absolute atomic E-state index is 0.220. The summed E-state index contributed by atoms with van der Waals surface area (Å²) < 4.78 is 38.4. The molecule has 2 aliphatic rings. The number of halogens is 3. The Labute approximate surface area is 143 Å². The molecule has 4 atom stereocenters. The Bertz CT molecular complexity index is 589. The minimum Gasteiger partial charge on any atom is -0.389 e. The first-order valence-corrected chi connectivity index (χ1v) is 8.29. The maximum Gasteiger partial charge on any atom is 0.433 e. The molecule has 3 N–H and O–H groups in total. The fourth-order valence-corrected chi connectivity index (χ4v) is 3.58. The zero-order valence-corrected chi connectivity index (χ0v) is 13.6. The van der Waals surface area contributed by atoms with Gasteiger partial charge in [-0.05, 0) is 24.5 Å². The monoisotopic (exact) mass is 361 g/mol. The molecule has 0 spiro atoms. The molecule has 0 radical (unpaired) electrons. The van der Waals surface area contributed by atoms with Crippen LogP contribution in [0.1, 0.15) is 12.1 Å². The number of nitrogens with zero attached hydrogens (tertiary/aromatic N) is 3. The molecule has 9 heteroatoms. The van der Waals surface area contributed by atoms with Crippen LogP contribution in [0.15, 0.2) is 18.3 Å². The van der Waals surface area contributed by atoms with Gasteiger partial charge in [0.15, 0.2) is 0 Å². The number of likely N-dealkylation sites (tertiary alicyclic amines) is 1. The van der Waals surface area contributed by atoms with Crippen molar-refractivity contribution >= 4 is 5.69 Å².